The van der Waals surface area contributed by atoms with Gasteiger partial charge in [-0.1, -0.05) is 5.10 Å². The molecule has 2 rings (SSSR count). The number of hydrogen-bond donors (Lipinski definition) is 2. The summed E-state index contributed by atoms with van der Waals surface area (Å²) in [6.07, 6.45) is 0. The number of carbonyl (C=O) groups excluding carboxylic acids is 1. The Bertz CT molecular complexity index is 611. The predicted octanol–water partition coefficient (Wildman–Crippen LogP) is 0.476. The lowest BCUT2D eigenvalue weighted by Gasteiger charge is -2.06. The van der Waals surface area contributed by atoms with Gasteiger partial charge in [0.2, 0.25) is 0 Å². The lowest BCUT2D eigenvalue weighted by Crippen LogP contribution is -2.34. The Kier molecular flexibility index (Phi) is 3.76. The molecular weight excluding hydrogens is 271 g/mol. The molecule has 2 N–H and O–H groups in total. The maximum Gasteiger partial charge on any atom is 0.269 e. The van der Waals surface area contributed by atoms with Crippen molar-refractivity contribution in [1.82, 2.24) is 25.5 Å². The average Bonchev–Trinajstić information content (AvgIpc) is 2.75. The van der Waals surface area contributed by atoms with Crippen LogP contribution < -0.4 is 10.6 Å². The van der Waals surface area contributed by atoms with Gasteiger partial charge in [0.05, 0.1) is 7.05 Å². The van der Waals surface area contributed by atoms with Crippen molar-refractivity contribution in [3.05, 3.63) is 35.6 Å². The molecule has 1 aromatic heterocycles. The Labute approximate surface area is 112 Å². The summed E-state index contributed by atoms with van der Waals surface area (Å²) in [6, 6.07) is 5.09. The van der Waals surface area contributed by atoms with Gasteiger partial charge in [0.1, 0.15) is 5.82 Å². The first-order chi connectivity index (χ1) is 9.04. The van der Waals surface area contributed by atoms with Gasteiger partial charge in [0.25, 0.3) is 11.9 Å². The van der Waals surface area contributed by atoms with Crippen LogP contribution in [0.1, 0.15) is 10.4 Å². The van der Waals surface area contributed by atoms with Crippen molar-refractivity contribution in [3.8, 4) is 0 Å². The number of carbonyl (C=O) groups is 1. The van der Waals surface area contributed by atoms with Crippen molar-refractivity contribution >= 4 is 29.2 Å². The number of hydrogen-bond acceptors (Lipinski definition) is 5. The number of nitrogens with one attached hydrogen (secondary N) is 2. The van der Waals surface area contributed by atoms with E-state index in [9.17, 15) is 9.18 Å². The Morgan fingerprint density at radius 1 is 1.37 bits per heavy atom. The molecule has 98 valence electrons. The zero-order valence-corrected chi connectivity index (χ0v) is 10.6. The van der Waals surface area contributed by atoms with Crippen LogP contribution in [0, 0.1) is 5.82 Å². The number of amides is 1. The van der Waals surface area contributed by atoms with E-state index < -0.39 is 11.7 Å². The molecule has 0 saturated heterocycles. The molecule has 0 fully saturated rings. The monoisotopic (exact) mass is 280 g/mol. The number of anilines is 1. The normalized spacial score (nSPS) is 10.0. The van der Waals surface area contributed by atoms with Gasteiger partial charge in [-0.15, -0.1) is 5.10 Å². The van der Waals surface area contributed by atoms with E-state index in [0.717, 1.165) is 0 Å². The van der Waals surface area contributed by atoms with Gasteiger partial charge in [0, 0.05) is 5.56 Å². The van der Waals surface area contributed by atoms with Gasteiger partial charge >= 0.3 is 0 Å². The van der Waals surface area contributed by atoms with Crippen LogP contribution in [0.25, 0.3) is 0 Å². The van der Waals surface area contributed by atoms with Crippen LogP contribution in [0.2, 0.25) is 0 Å². The first-order valence-electron chi connectivity index (χ1n) is 5.16. The van der Waals surface area contributed by atoms with Crippen LogP contribution in [0.5, 0.6) is 0 Å². The summed E-state index contributed by atoms with van der Waals surface area (Å²) in [6.45, 7) is 0. The van der Waals surface area contributed by atoms with Crippen LogP contribution >= 0.6 is 12.2 Å². The molecule has 0 atom stereocenters. The molecule has 9 heteroatoms. The smallest absolute Gasteiger partial charge is 0.269 e. The second-order valence-corrected chi connectivity index (χ2v) is 3.93. The summed E-state index contributed by atoms with van der Waals surface area (Å²) in [5.41, 5.74) is 0.289. The van der Waals surface area contributed by atoms with Gasteiger partial charge in [-0.25, -0.2) is 4.39 Å². The quantitative estimate of drug-likeness (QED) is 0.778. The fourth-order valence-corrected chi connectivity index (χ4v) is 1.43. The van der Waals surface area contributed by atoms with Crippen LogP contribution in [0.3, 0.4) is 0 Å². The molecule has 0 bridgehead atoms. The van der Waals surface area contributed by atoms with E-state index in [1.165, 1.54) is 29.1 Å². The fourth-order valence-electron chi connectivity index (χ4n) is 1.24. The molecule has 1 amide bonds. The number of thiocarbonyl (C=S) groups is 1. The number of tetrazole rings is 1. The molecule has 0 aliphatic carbocycles. The fraction of sp³-hybridized carbons (Fsp3) is 0.100. The minimum Gasteiger partial charge on any atom is -0.299 e. The van der Waals surface area contributed by atoms with E-state index in [0.29, 0.717) is 0 Å². The minimum atomic E-state index is -0.457. The van der Waals surface area contributed by atoms with Gasteiger partial charge in [-0.3, -0.25) is 15.4 Å². The van der Waals surface area contributed by atoms with Crippen LogP contribution in [-0.2, 0) is 7.05 Å². The highest BCUT2D eigenvalue weighted by Gasteiger charge is 2.09. The topological polar surface area (TPSA) is 84.7 Å². The molecule has 19 heavy (non-hydrogen) atoms. The van der Waals surface area contributed by atoms with Crippen LogP contribution in [0.15, 0.2) is 24.3 Å². The molecule has 1 heterocycles. The highest BCUT2D eigenvalue weighted by atomic mass is 32.1. The SMILES string of the molecule is Cn1nnc(NC(=S)NC(=O)c2ccc(F)cc2)n1. The van der Waals surface area contributed by atoms with Crippen molar-refractivity contribution in [2.24, 2.45) is 7.05 Å². The molecule has 1 aromatic carbocycles. The maximum absolute atomic E-state index is 12.7. The van der Waals surface area contributed by atoms with E-state index in [1.807, 2.05) is 0 Å². The zero-order valence-electron chi connectivity index (χ0n) is 9.79. The maximum atomic E-state index is 12.7. The van der Waals surface area contributed by atoms with E-state index in [1.54, 1.807) is 7.05 Å². The van der Waals surface area contributed by atoms with Gasteiger partial charge in [0.15, 0.2) is 5.11 Å². The second kappa shape index (κ2) is 5.48. The summed E-state index contributed by atoms with van der Waals surface area (Å²) in [4.78, 5) is 13.0. The Morgan fingerprint density at radius 2 is 2.05 bits per heavy atom. The van der Waals surface area contributed by atoms with E-state index in [4.69, 9.17) is 12.2 Å². The van der Waals surface area contributed by atoms with Crippen molar-refractivity contribution in [2.45, 2.75) is 0 Å². The van der Waals surface area contributed by atoms with E-state index in [-0.39, 0.29) is 16.6 Å². The first-order valence-corrected chi connectivity index (χ1v) is 5.57. The molecule has 0 radical (unpaired) electrons. The molecular formula is C10H9FN6OS. The summed E-state index contributed by atoms with van der Waals surface area (Å²) in [7, 11) is 1.60. The Hall–Kier alpha value is -2.42. The number of benzene rings is 1. The molecule has 0 aliphatic rings. The summed E-state index contributed by atoms with van der Waals surface area (Å²) in [5.74, 6) is -0.700. The highest BCUT2D eigenvalue weighted by molar-refractivity contribution is 7.80. The van der Waals surface area contributed by atoms with E-state index >= 15 is 0 Å². The predicted molar refractivity (Wildman–Crippen MR) is 68.9 cm³/mol. The Balaban J connectivity index is 1.95. The minimum absolute atomic E-state index is 0.0299. The molecule has 7 nitrogen and oxygen atoms in total. The third-order valence-electron chi connectivity index (χ3n) is 2.07. The standard InChI is InChI=1S/C10H9FN6OS/c1-17-15-9(14-16-17)13-10(19)12-8(18)6-2-4-7(11)5-3-6/h2-5H,1H3,(H2,12,13,15,18,19). The van der Waals surface area contributed by atoms with Gasteiger partial charge < -0.3 is 0 Å². The number of nitrogens with zero attached hydrogens (tertiary/aromatic N) is 4. The highest BCUT2D eigenvalue weighted by Crippen LogP contribution is 2.02. The van der Waals surface area contributed by atoms with Crippen LogP contribution in [-0.4, -0.2) is 31.2 Å². The third kappa shape index (κ3) is 3.52. The molecule has 0 spiro atoms. The molecule has 0 saturated carbocycles. The average molecular weight is 280 g/mol. The number of aromatic nitrogens is 4. The van der Waals surface area contributed by atoms with Crippen molar-refractivity contribution < 1.29 is 9.18 Å². The summed E-state index contributed by atoms with van der Waals surface area (Å²) in [5, 5.41) is 16.1. The third-order valence-corrected chi connectivity index (χ3v) is 2.27. The molecule has 0 aliphatic heterocycles. The van der Waals surface area contributed by atoms with Crippen LogP contribution in [0.4, 0.5) is 10.3 Å². The molecule has 2 aromatic rings. The lowest BCUT2D eigenvalue weighted by molar-refractivity contribution is 0.0977. The Morgan fingerprint density at radius 3 is 2.63 bits per heavy atom. The van der Waals surface area contributed by atoms with Crippen molar-refractivity contribution in [3.63, 3.8) is 0 Å². The summed E-state index contributed by atoms with van der Waals surface area (Å²) < 4.78 is 12.7. The number of halogens is 1. The number of aryl methyl sites for hydroxylation is 1. The zero-order chi connectivity index (χ0) is 13.8. The first kappa shape index (κ1) is 13.0. The lowest BCUT2D eigenvalue weighted by atomic mass is 10.2. The van der Waals surface area contributed by atoms with Crippen molar-refractivity contribution in [2.75, 3.05) is 5.32 Å². The number of rotatable bonds is 2. The van der Waals surface area contributed by atoms with Gasteiger partial charge in [-0.05, 0) is 41.7 Å². The largest absolute Gasteiger partial charge is 0.299 e. The van der Waals surface area contributed by atoms with Crippen molar-refractivity contribution in [1.29, 1.82) is 0 Å². The van der Waals surface area contributed by atoms with Gasteiger partial charge in [-0.2, -0.15) is 4.80 Å². The second-order valence-electron chi connectivity index (χ2n) is 3.52. The summed E-state index contributed by atoms with van der Waals surface area (Å²) >= 11 is 4.91. The molecule has 0 unspecified atom stereocenters. The van der Waals surface area contributed by atoms with E-state index in [2.05, 4.69) is 26.0 Å².